The second-order valence-electron chi connectivity index (χ2n) is 2.82. The molecule has 0 fully saturated rings. The number of aldehydes is 1. The van der Waals surface area contributed by atoms with E-state index < -0.39 is 12.4 Å². The van der Waals surface area contributed by atoms with Crippen LogP contribution in [0.25, 0.3) is 11.1 Å². The number of Topliss-reactive ketones (excluding diaryl/α,β-unsaturated/α-hetero) is 1. The first-order chi connectivity index (χ1) is 6.74. The van der Waals surface area contributed by atoms with E-state index >= 15 is 0 Å². The third-order valence-electron chi connectivity index (χ3n) is 1.88. The maximum atomic E-state index is 11.0. The van der Waals surface area contributed by atoms with E-state index in [0.29, 0.717) is 23.1 Å². The van der Waals surface area contributed by atoms with E-state index in [1.807, 2.05) is 0 Å². The van der Waals surface area contributed by atoms with Crippen molar-refractivity contribution >= 4 is 23.2 Å². The molecular weight excluding hydrogens is 186 g/mol. The van der Waals surface area contributed by atoms with Gasteiger partial charge in [-0.05, 0) is 12.1 Å². The number of carbonyl (C=O) groups excluding carboxylic acids is 2. The molecule has 72 valence electrons. The van der Waals surface area contributed by atoms with Crippen LogP contribution in [0.15, 0.2) is 16.5 Å². The fraction of sp³-hybridized carbons (Fsp3) is 0.111. The Bertz CT molecular complexity index is 462. The molecular formula is C9H7NO4. The van der Waals surface area contributed by atoms with E-state index in [-0.39, 0.29) is 5.76 Å². The summed E-state index contributed by atoms with van der Waals surface area (Å²) in [5.41, 5.74) is 0.755. The van der Waals surface area contributed by atoms with Gasteiger partial charge in [-0.3, -0.25) is 9.59 Å². The van der Waals surface area contributed by atoms with Crippen molar-refractivity contribution in [3.63, 3.8) is 0 Å². The summed E-state index contributed by atoms with van der Waals surface area (Å²) in [5, 5.41) is 9.22. The number of nitrogens with one attached hydrogen (secondary N) is 1. The van der Waals surface area contributed by atoms with Crippen molar-refractivity contribution in [1.29, 1.82) is 0 Å². The molecule has 5 nitrogen and oxygen atoms in total. The molecule has 2 heterocycles. The monoisotopic (exact) mass is 193 g/mol. The summed E-state index contributed by atoms with van der Waals surface area (Å²) in [6, 6.07) is 3.05. The Morgan fingerprint density at radius 2 is 2.36 bits per heavy atom. The highest BCUT2D eigenvalue weighted by Crippen LogP contribution is 2.19. The molecule has 0 aliphatic rings. The van der Waals surface area contributed by atoms with Crippen LogP contribution in [-0.4, -0.2) is 28.8 Å². The minimum absolute atomic E-state index is 0.0891. The first-order valence-corrected chi connectivity index (χ1v) is 3.96. The lowest BCUT2D eigenvalue weighted by molar-refractivity contribution is 0.0877. The molecule has 0 bridgehead atoms. The highest BCUT2D eigenvalue weighted by atomic mass is 16.4. The van der Waals surface area contributed by atoms with E-state index in [1.165, 1.54) is 6.07 Å². The Kier molecular flexibility index (Phi) is 1.94. The zero-order chi connectivity index (χ0) is 10.1. The van der Waals surface area contributed by atoms with Crippen LogP contribution in [0.1, 0.15) is 21.0 Å². The van der Waals surface area contributed by atoms with Crippen molar-refractivity contribution in [2.45, 2.75) is 0 Å². The minimum atomic E-state index is -0.587. The number of carbonyl (C=O) groups is 2. The average molecular weight is 193 g/mol. The Morgan fingerprint density at radius 1 is 1.57 bits per heavy atom. The highest BCUT2D eigenvalue weighted by Gasteiger charge is 2.12. The van der Waals surface area contributed by atoms with Gasteiger partial charge in [0.05, 0.1) is 5.69 Å². The summed E-state index contributed by atoms with van der Waals surface area (Å²) in [7, 11) is 0. The third kappa shape index (κ3) is 1.23. The van der Waals surface area contributed by atoms with E-state index in [9.17, 15) is 9.59 Å². The summed E-state index contributed by atoms with van der Waals surface area (Å²) in [4.78, 5) is 24.1. The normalized spacial score (nSPS) is 10.6. The van der Waals surface area contributed by atoms with Gasteiger partial charge in [0, 0.05) is 5.39 Å². The maximum absolute atomic E-state index is 11.0. The Hall–Kier alpha value is -1.88. The van der Waals surface area contributed by atoms with Crippen molar-refractivity contribution in [3.8, 4) is 0 Å². The number of fused-ring (bicyclic) bond motifs is 1. The van der Waals surface area contributed by atoms with Crippen LogP contribution in [0.3, 0.4) is 0 Å². The van der Waals surface area contributed by atoms with Gasteiger partial charge in [0.2, 0.25) is 11.5 Å². The van der Waals surface area contributed by atoms with Gasteiger partial charge in [-0.2, -0.15) is 0 Å². The molecule has 0 unspecified atom stereocenters. The van der Waals surface area contributed by atoms with Gasteiger partial charge >= 0.3 is 0 Å². The molecule has 5 heteroatoms. The second kappa shape index (κ2) is 3.12. The van der Waals surface area contributed by atoms with Crippen LogP contribution in [0, 0.1) is 0 Å². The average Bonchev–Trinajstić information content (AvgIpc) is 2.72. The first-order valence-electron chi connectivity index (χ1n) is 3.96. The van der Waals surface area contributed by atoms with Crippen molar-refractivity contribution in [2.75, 3.05) is 6.61 Å². The molecule has 14 heavy (non-hydrogen) atoms. The number of rotatable bonds is 3. The predicted octanol–water partition coefficient (Wildman–Crippen LogP) is 0.748. The van der Waals surface area contributed by atoms with E-state index in [4.69, 9.17) is 9.52 Å². The van der Waals surface area contributed by atoms with Gasteiger partial charge in [-0.15, -0.1) is 0 Å². The summed E-state index contributed by atoms with van der Waals surface area (Å²) in [5.74, 6) is -0.395. The largest absolute Gasteiger partial charge is 0.437 e. The molecule has 0 atom stereocenters. The molecule has 0 aliphatic heterocycles. The highest BCUT2D eigenvalue weighted by molar-refractivity contribution is 5.98. The first kappa shape index (κ1) is 8.71. The number of furan rings is 1. The smallest absolute Gasteiger partial charge is 0.223 e. The van der Waals surface area contributed by atoms with Gasteiger partial charge in [0.1, 0.15) is 6.61 Å². The van der Waals surface area contributed by atoms with Crippen LogP contribution >= 0.6 is 0 Å². The number of hydrogen-bond acceptors (Lipinski definition) is 4. The summed E-state index contributed by atoms with van der Waals surface area (Å²) in [6.45, 7) is -0.587. The predicted molar refractivity (Wildman–Crippen MR) is 47.4 cm³/mol. The Balaban J connectivity index is 2.49. The summed E-state index contributed by atoms with van der Waals surface area (Å²) in [6.07, 6.45) is 0.656. The van der Waals surface area contributed by atoms with Gasteiger partial charge in [0.15, 0.2) is 12.0 Å². The van der Waals surface area contributed by atoms with E-state index in [0.717, 1.165) is 0 Å². The Morgan fingerprint density at radius 3 is 2.93 bits per heavy atom. The fourth-order valence-electron chi connectivity index (χ4n) is 1.22. The minimum Gasteiger partial charge on any atom is -0.437 e. The molecule has 0 radical (unpaired) electrons. The van der Waals surface area contributed by atoms with Gasteiger partial charge < -0.3 is 14.5 Å². The number of hydrogen-bond donors (Lipinski definition) is 2. The number of aromatic amines is 1. The lowest BCUT2D eigenvalue weighted by atomic mass is 10.3. The number of aliphatic hydroxyl groups is 1. The SMILES string of the molecule is O=Cc1cc2cc(C(=O)CO)oc2[nH]1. The molecule has 2 N–H and O–H groups in total. The fourth-order valence-corrected chi connectivity index (χ4v) is 1.22. The van der Waals surface area contributed by atoms with Gasteiger partial charge in [-0.25, -0.2) is 0 Å². The lowest BCUT2D eigenvalue weighted by Crippen LogP contribution is -2.01. The third-order valence-corrected chi connectivity index (χ3v) is 1.88. The molecule has 0 aromatic carbocycles. The summed E-state index contributed by atoms with van der Waals surface area (Å²) < 4.78 is 5.08. The quantitative estimate of drug-likeness (QED) is 0.556. The zero-order valence-electron chi connectivity index (χ0n) is 7.11. The molecule has 0 amide bonds. The van der Waals surface area contributed by atoms with Crippen molar-refractivity contribution in [2.24, 2.45) is 0 Å². The molecule has 2 aromatic heterocycles. The molecule has 0 saturated heterocycles. The van der Waals surface area contributed by atoms with Gasteiger partial charge in [0.25, 0.3) is 0 Å². The van der Waals surface area contributed by atoms with Crippen LogP contribution in [0.2, 0.25) is 0 Å². The maximum Gasteiger partial charge on any atom is 0.223 e. The zero-order valence-corrected chi connectivity index (χ0v) is 7.11. The van der Waals surface area contributed by atoms with Crippen LogP contribution in [-0.2, 0) is 0 Å². The lowest BCUT2D eigenvalue weighted by Gasteiger charge is -1.87. The number of ketones is 1. The van der Waals surface area contributed by atoms with Crippen molar-refractivity contribution in [1.82, 2.24) is 4.98 Å². The molecule has 2 aromatic rings. The topological polar surface area (TPSA) is 83.3 Å². The number of aliphatic hydroxyl groups excluding tert-OH is 1. The molecule has 0 saturated carbocycles. The van der Waals surface area contributed by atoms with Crippen LogP contribution in [0.4, 0.5) is 0 Å². The standard InChI is InChI=1S/C9H7NO4/c11-3-6-1-5-2-8(7(13)4-12)14-9(5)10-6/h1-3,10,12H,4H2. The molecule has 2 rings (SSSR count). The van der Waals surface area contributed by atoms with Crippen molar-refractivity contribution in [3.05, 3.63) is 23.6 Å². The van der Waals surface area contributed by atoms with E-state index in [2.05, 4.69) is 4.98 Å². The number of aromatic nitrogens is 1. The second-order valence-corrected chi connectivity index (χ2v) is 2.82. The number of H-pyrrole nitrogens is 1. The van der Waals surface area contributed by atoms with Crippen molar-refractivity contribution < 1.29 is 19.1 Å². The van der Waals surface area contributed by atoms with E-state index in [1.54, 1.807) is 6.07 Å². The molecule has 0 aliphatic carbocycles. The Labute approximate surface area is 78.3 Å². The molecule has 0 spiro atoms. The summed E-state index contributed by atoms with van der Waals surface area (Å²) >= 11 is 0. The van der Waals surface area contributed by atoms with Crippen LogP contribution in [0.5, 0.6) is 0 Å². The van der Waals surface area contributed by atoms with Gasteiger partial charge in [-0.1, -0.05) is 0 Å². The van der Waals surface area contributed by atoms with Crippen LogP contribution < -0.4 is 0 Å².